The molecule has 20 heavy (non-hydrogen) atoms. The van der Waals surface area contributed by atoms with Crippen LogP contribution in [0.2, 0.25) is 0 Å². The molecule has 0 fully saturated rings. The largest absolute Gasteiger partial charge is 0.496 e. The molecule has 0 unspecified atom stereocenters. The lowest BCUT2D eigenvalue weighted by Crippen LogP contribution is -2.12. The van der Waals surface area contributed by atoms with Crippen LogP contribution in [0, 0.1) is 6.92 Å². The number of benzene rings is 1. The molecule has 2 aromatic rings. The smallest absolute Gasteiger partial charge is 0.279 e. The summed E-state index contributed by atoms with van der Waals surface area (Å²) in [5, 5.41) is 1.88. The van der Waals surface area contributed by atoms with Gasteiger partial charge in [0.1, 0.15) is 11.5 Å². The second-order valence-corrected chi connectivity index (χ2v) is 5.09. The van der Waals surface area contributed by atoms with E-state index < -0.39 is 0 Å². The van der Waals surface area contributed by atoms with Crippen LogP contribution in [-0.4, -0.2) is 24.7 Å². The first-order valence-corrected chi connectivity index (χ1v) is 6.86. The van der Waals surface area contributed by atoms with Gasteiger partial charge in [-0.15, -0.1) is 11.3 Å². The number of aryl methyl sites for hydroxylation is 1. The highest BCUT2D eigenvalue weighted by Crippen LogP contribution is 2.29. The van der Waals surface area contributed by atoms with Crippen LogP contribution >= 0.6 is 11.3 Å². The third-order valence-electron chi connectivity index (χ3n) is 2.96. The number of nitrogens with zero attached hydrogens (tertiary/aromatic N) is 2. The van der Waals surface area contributed by atoms with Gasteiger partial charge in [0.25, 0.3) is 5.91 Å². The van der Waals surface area contributed by atoms with E-state index in [1.165, 1.54) is 11.3 Å². The quantitative estimate of drug-likeness (QED) is 0.871. The average Bonchev–Trinajstić information content (AvgIpc) is 2.84. The van der Waals surface area contributed by atoms with Crippen molar-refractivity contribution >= 4 is 17.2 Å². The zero-order chi connectivity index (χ0) is 14.7. The molecular formula is C14H16N2O3S. The molecule has 0 radical (unpaired) electrons. The van der Waals surface area contributed by atoms with Gasteiger partial charge in [0.05, 0.1) is 14.2 Å². The Kier molecular flexibility index (Phi) is 4.24. The van der Waals surface area contributed by atoms with Gasteiger partial charge in [0.15, 0.2) is 4.80 Å². The van der Waals surface area contributed by atoms with Crippen LogP contribution < -0.4 is 14.3 Å². The number of ether oxygens (including phenoxy) is 2. The van der Waals surface area contributed by atoms with Gasteiger partial charge >= 0.3 is 0 Å². The van der Waals surface area contributed by atoms with Gasteiger partial charge < -0.3 is 14.0 Å². The summed E-state index contributed by atoms with van der Waals surface area (Å²) in [7, 11) is 4.97. The molecule has 5 nitrogen and oxygen atoms in total. The molecule has 0 aliphatic rings. The zero-order valence-corrected chi connectivity index (χ0v) is 12.7. The molecular weight excluding hydrogens is 276 g/mol. The number of hydrogen-bond acceptors (Lipinski definition) is 4. The summed E-state index contributed by atoms with van der Waals surface area (Å²) in [5.41, 5.74) is 1.30. The summed E-state index contributed by atoms with van der Waals surface area (Å²) in [5.74, 6) is 0.900. The summed E-state index contributed by atoms with van der Waals surface area (Å²) < 4.78 is 12.3. The number of amides is 1. The van der Waals surface area contributed by atoms with Gasteiger partial charge in [0, 0.05) is 29.8 Å². The summed E-state index contributed by atoms with van der Waals surface area (Å²) in [6, 6.07) is 3.36. The van der Waals surface area contributed by atoms with E-state index in [0.717, 1.165) is 5.56 Å². The molecule has 6 heteroatoms. The molecule has 0 aliphatic heterocycles. The number of rotatable bonds is 3. The normalized spacial score (nSPS) is 11.5. The SMILES string of the molecule is COc1cc(C(=O)N=c2sccn2C)cc(OC)c1C. The predicted molar refractivity (Wildman–Crippen MR) is 77.5 cm³/mol. The Hall–Kier alpha value is -2.08. The number of thiazole rings is 1. The maximum absolute atomic E-state index is 12.2. The van der Waals surface area contributed by atoms with Crippen molar-refractivity contribution in [2.45, 2.75) is 6.92 Å². The molecule has 1 aromatic heterocycles. The zero-order valence-electron chi connectivity index (χ0n) is 11.8. The highest BCUT2D eigenvalue weighted by atomic mass is 32.1. The van der Waals surface area contributed by atoms with E-state index in [9.17, 15) is 4.79 Å². The first-order chi connectivity index (χ1) is 9.56. The van der Waals surface area contributed by atoms with Crippen molar-refractivity contribution in [1.82, 2.24) is 4.57 Å². The predicted octanol–water partition coefficient (Wildman–Crippen LogP) is 2.15. The minimum atomic E-state index is -0.320. The topological polar surface area (TPSA) is 52.8 Å². The first kappa shape index (κ1) is 14.3. The molecule has 1 amide bonds. The minimum Gasteiger partial charge on any atom is -0.496 e. The Labute approximate surface area is 121 Å². The third kappa shape index (κ3) is 2.75. The van der Waals surface area contributed by atoms with Crippen molar-refractivity contribution in [1.29, 1.82) is 0 Å². The van der Waals surface area contributed by atoms with E-state index in [-0.39, 0.29) is 5.91 Å². The van der Waals surface area contributed by atoms with Crippen molar-refractivity contribution in [3.05, 3.63) is 39.6 Å². The van der Waals surface area contributed by atoms with Crippen LogP contribution in [0.15, 0.2) is 28.7 Å². The Morgan fingerprint density at radius 2 is 1.85 bits per heavy atom. The lowest BCUT2D eigenvalue weighted by Gasteiger charge is -2.10. The molecule has 106 valence electrons. The van der Waals surface area contributed by atoms with Crippen molar-refractivity contribution in [3.63, 3.8) is 0 Å². The number of methoxy groups -OCH3 is 2. The Morgan fingerprint density at radius 1 is 1.25 bits per heavy atom. The van der Waals surface area contributed by atoms with Gasteiger partial charge in [-0.2, -0.15) is 4.99 Å². The Morgan fingerprint density at radius 3 is 2.30 bits per heavy atom. The lowest BCUT2D eigenvalue weighted by molar-refractivity contribution is 0.0997. The highest BCUT2D eigenvalue weighted by molar-refractivity contribution is 7.07. The van der Waals surface area contributed by atoms with E-state index in [1.807, 2.05) is 25.5 Å². The lowest BCUT2D eigenvalue weighted by atomic mass is 10.1. The maximum atomic E-state index is 12.2. The van der Waals surface area contributed by atoms with Crippen molar-refractivity contribution in [2.75, 3.05) is 14.2 Å². The summed E-state index contributed by atoms with van der Waals surface area (Å²) in [4.78, 5) is 17.0. The Balaban J connectivity index is 2.48. The fraction of sp³-hybridized carbons (Fsp3) is 0.286. The molecule has 0 spiro atoms. The van der Waals surface area contributed by atoms with E-state index in [2.05, 4.69) is 4.99 Å². The van der Waals surface area contributed by atoms with Crippen LogP contribution in [0.4, 0.5) is 0 Å². The van der Waals surface area contributed by atoms with Crippen LogP contribution in [0.25, 0.3) is 0 Å². The molecule has 0 atom stereocenters. The fourth-order valence-electron chi connectivity index (χ4n) is 1.80. The standard InChI is InChI=1S/C14H16N2O3S/c1-9-11(18-3)7-10(8-12(9)19-4)13(17)15-14-16(2)5-6-20-14/h5-8H,1-4H3. The molecule has 2 rings (SSSR count). The summed E-state index contributed by atoms with van der Waals surface area (Å²) >= 11 is 1.41. The molecule has 1 aromatic carbocycles. The van der Waals surface area contributed by atoms with Gasteiger partial charge in [-0.25, -0.2) is 0 Å². The first-order valence-electron chi connectivity index (χ1n) is 5.98. The molecule has 0 saturated heterocycles. The maximum Gasteiger partial charge on any atom is 0.279 e. The van der Waals surface area contributed by atoms with Gasteiger partial charge in [-0.05, 0) is 19.1 Å². The van der Waals surface area contributed by atoms with E-state index in [0.29, 0.717) is 21.9 Å². The number of hydrogen-bond donors (Lipinski definition) is 0. The second-order valence-electron chi connectivity index (χ2n) is 4.22. The minimum absolute atomic E-state index is 0.320. The highest BCUT2D eigenvalue weighted by Gasteiger charge is 2.13. The van der Waals surface area contributed by atoms with Crippen LogP contribution in [0.1, 0.15) is 15.9 Å². The third-order valence-corrected chi connectivity index (χ3v) is 3.80. The Bertz CT molecular complexity index is 675. The monoisotopic (exact) mass is 292 g/mol. The second kappa shape index (κ2) is 5.92. The van der Waals surface area contributed by atoms with Crippen molar-refractivity contribution in [2.24, 2.45) is 12.0 Å². The van der Waals surface area contributed by atoms with Gasteiger partial charge in [-0.3, -0.25) is 4.79 Å². The van der Waals surface area contributed by atoms with Crippen molar-refractivity contribution < 1.29 is 14.3 Å². The number of carbonyl (C=O) groups excluding carboxylic acids is 1. The van der Waals surface area contributed by atoms with E-state index in [1.54, 1.807) is 30.9 Å². The molecule has 0 bridgehead atoms. The fourth-order valence-corrected chi connectivity index (χ4v) is 2.52. The number of aromatic nitrogens is 1. The molecule has 0 aliphatic carbocycles. The van der Waals surface area contributed by atoms with Crippen molar-refractivity contribution in [3.8, 4) is 11.5 Å². The number of carbonyl (C=O) groups is 1. The van der Waals surface area contributed by atoms with E-state index in [4.69, 9.17) is 9.47 Å². The van der Waals surface area contributed by atoms with Gasteiger partial charge in [0.2, 0.25) is 0 Å². The molecule has 0 N–H and O–H groups in total. The van der Waals surface area contributed by atoms with Crippen LogP contribution in [0.5, 0.6) is 11.5 Å². The summed E-state index contributed by atoms with van der Waals surface area (Å²) in [6.45, 7) is 1.88. The average molecular weight is 292 g/mol. The molecule has 0 saturated carbocycles. The van der Waals surface area contributed by atoms with Gasteiger partial charge in [-0.1, -0.05) is 0 Å². The summed E-state index contributed by atoms with van der Waals surface area (Å²) in [6.07, 6.45) is 1.85. The van der Waals surface area contributed by atoms with Crippen LogP contribution in [-0.2, 0) is 7.05 Å². The molecule has 1 heterocycles. The van der Waals surface area contributed by atoms with Crippen LogP contribution in [0.3, 0.4) is 0 Å². The van der Waals surface area contributed by atoms with E-state index >= 15 is 0 Å².